The lowest BCUT2D eigenvalue weighted by atomic mass is 9.81. The van der Waals surface area contributed by atoms with Gasteiger partial charge in [-0.3, -0.25) is 4.98 Å². The molecule has 0 aliphatic heterocycles. The fourth-order valence-corrected chi connectivity index (χ4v) is 8.28. The minimum Gasteiger partial charge on any atom is -0.309 e. The average Bonchev–Trinajstić information content (AvgIpc) is 3.63. The summed E-state index contributed by atoms with van der Waals surface area (Å²) in [5, 5.41) is 3.73. The number of pyridine rings is 1. The normalized spacial score (nSPS) is 13.2. The number of benzene rings is 7. The van der Waals surface area contributed by atoms with E-state index >= 15 is 0 Å². The second kappa shape index (κ2) is 10.9. The van der Waals surface area contributed by atoms with Crippen LogP contribution in [0.25, 0.3) is 82.9 Å². The van der Waals surface area contributed by atoms with Crippen molar-refractivity contribution in [1.29, 1.82) is 0 Å². The molecule has 236 valence electrons. The maximum atomic E-state index is 4.67. The SMILES string of the molecule is CC1(C)c2cc(-c3ccc(-c4cccc5cccnc45)cc3)ccc2-c2ccc(-c3ccc(-n4c5ccccc5c5ccccc54)cc3)cc21. The Hall–Kier alpha value is -6.25. The van der Waals surface area contributed by atoms with Crippen molar-refractivity contribution in [2.45, 2.75) is 19.3 Å². The molecule has 2 heterocycles. The van der Waals surface area contributed by atoms with Crippen LogP contribution >= 0.6 is 0 Å². The zero-order chi connectivity index (χ0) is 33.4. The number of rotatable bonds is 4. The number of para-hydroxylation sites is 3. The van der Waals surface area contributed by atoms with Gasteiger partial charge in [0.05, 0.1) is 16.6 Å². The molecule has 0 saturated heterocycles. The number of hydrogen-bond donors (Lipinski definition) is 0. The molecule has 1 aliphatic carbocycles. The van der Waals surface area contributed by atoms with Gasteiger partial charge in [0.1, 0.15) is 0 Å². The number of fused-ring (bicyclic) bond motifs is 7. The molecule has 2 aromatic heterocycles. The van der Waals surface area contributed by atoms with Gasteiger partial charge in [-0.25, -0.2) is 0 Å². The molecule has 0 saturated carbocycles. The van der Waals surface area contributed by atoms with Gasteiger partial charge in [-0.2, -0.15) is 0 Å². The molecule has 0 N–H and O–H groups in total. The first-order valence-electron chi connectivity index (χ1n) is 17.4. The highest BCUT2D eigenvalue weighted by molar-refractivity contribution is 6.09. The largest absolute Gasteiger partial charge is 0.309 e. The molecule has 0 amide bonds. The third-order valence-electron chi connectivity index (χ3n) is 10.9. The molecule has 1 aliphatic rings. The molecule has 2 nitrogen and oxygen atoms in total. The molecule has 0 atom stereocenters. The van der Waals surface area contributed by atoms with Crippen LogP contribution in [0.1, 0.15) is 25.0 Å². The van der Waals surface area contributed by atoms with Gasteiger partial charge in [-0.05, 0) is 92.5 Å². The van der Waals surface area contributed by atoms with Crippen molar-refractivity contribution in [1.82, 2.24) is 9.55 Å². The predicted molar refractivity (Wildman–Crippen MR) is 210 cm³/mol. The van der Waals surface area contributed by atoms with E-state index in [1.165, 1.54) is 77.6 Å². The summed E-state index contributed by atoms with van der Waals surface area (Å²) >= 11 is 0. The molecule has 0 bridgehead atoms. The van der Waals surface area contributed by atoms with Gasteiger partial charge >= 0.3 is 0 Å². The van der Waals surface area contributed by atoms with Gasteiger partial charge in [0.15, 0.2) is 0 Å². The van der Waals surface area contributed by atoms with E-state index < -0.39 is 0 Å². The summed E-state index contributed by atoms with van der Waals surface area (Å²) in [5.74, 6) is 0. The number of aromatic nitrogens is 2. The molecular weight excluding hydrogens is 605 g/mol. The van der Waals surface area contributed by atoms with Crippen LogP contribution in [-0.4, -0.2) is 9.55 Å². The minimum absolute atomic E-state index is 0.117. The van der Waals surface area contributed by atoms with Crippen LogP contribution in [0.4, 0.5) is 0 Å². The summed E-state index contributed by atoms with van der Waals surface area (Å²) in [6.45, 7) is 4.74. The standard InChI is InChI=1S/C48H34N2/c1-48(2)43-29-35(31-16-18-33(19-17-31)38-13-7-9-34-10-8-28-49-47(34)38)22-26-39(43)40-27-23-36(30-44(40)48)32-20-24-37(25-21-32)50-45-14-5-3-11-41(45)42-12-4-6-15-46(42)50/h3-30H,1-2H3. The van der Waals surface area contributed by atoms with Crippen molar-refractivity contribution in [3.8, 4) is 50.2 Å². The Labute approximate surface area is 291 Å². The Morgan fingerprint density at radius 3 is 1.58 bits per heavy atom. The maximum absolute atomic E-state index is 4.67. The van der Waals surface area contributed by atoms with Crippen molar-refractivity contribution in [2.75, 3.05) is 0 Å². The van der Waals surface area contributed by atoms with E-state index in [0.717, 1.165) is 16.5 Å². The summed E-state index contributed by atoms with van der Waals surface area (Å²) in [7, 11) is 0. The van der Waals surface area contributed by atoms with Crippen molar-refractivity contribution in [3.63, 3.8) is 0 Å². The van der Waals surface area contributed by atoms with Crippen LogP contribution in [0.15, 0.2) is 170 Å². The van der Waals surface area contributed by atoms with Crippen molar-refractivity contribution in [2.24, 2.45) is 0 Å². The average molecular weight is 639 g/mol. The van der Waals surface area contributed by atoms with Crippen LogP contribution in [0.5, 0.6) is 0 Å². The highest BCUT2D eigenvalue weighted by Gasteiger charge is 2.36. The van der Waals surface area contributed by atoms with Gasteiger partial charge in [0, 0.05) is 39.0 Å². The van der Waals surface area contributed by atoms with Crippen LogP contribution in [0, 0.1) is 0 Å². The molecule has 0 unspecified atom stereocenters. The first kappa shape index (κ1) is 28.7. The van der Waals surface area contributed by atoms with Crippen molar-refractivity contribution >= 4 is 32.7 Å². The first-order chi connectivity index (χ1) is 24.5. The maximum Gasteiger partial charge on any atom is 0.0780 e. The Bertz CT molecular complexity index is 2710. The zero-order valence-corrected chi connectivity index (χ0v) is 28.1. The lowest BCUT2D eigenvalue weighted by Gasteiger charge is -2.22. The molecular formula is C48H34N2. The van der Waals surface area contributed by atoms with Gasteiger partial charge in [-0.15, -0.1) is 0 Å². The molecule has 50 heavy (non-hydrogen) atoms. The molecule has 0 radical (unpaired) electrons. The van der Waals surface area contributed by atoms with E-state index in [2.05, 4.69) is 181 Å². The highest BCUT2D eigenvalue weighted by atomic mass is 15.0. The van der Waals surface area contributed by atoms with Gasteiger partial charge in [0.2, 0.25) is 0 Å². The van der Waals surface area contributed by atoms with Crippen molar-refractivity contribution in [3.05, 3.63) is 181 Å². The van der Waals surface area contributed by atoms with Crippen LogP contribution < -0.4 is 0 Å². The zero-order valence-electron chi connectivity index (χ0n) is 28.1. The highest BCUT2D eigenvalue weighted by Crippen LogP contribution is 2.50. The van der Waals surface area contributed by atoms with E-state index in [-0.39, 0.29) is 5.41 Å². The molecule has 2 heteroatoms. The lowest BCUT2D eigenvalue weighted by molar-refractivity contribution is 0.661. The third-order valence-corrected chi connectivity index (χ3v) is 10.9. The molecule has 7 aromatic carbocycles. The van der Waals surface area contributed by atoms with Gasteiger partial charge in [0.25, 0.3) is 0 Å². The fourth-order valence-electron chi connectivity index (χ4n) is 8.28. The first-order valence-corrected chi connectivity index (χ1v) is 17.4. The lowest BCUT2D eigenvalue weighted by Crippen LogP contribution is -2.15. The Kier molecular flexibility index (Phi) is 6.25. The summed E-state index contributed by atoms with van der Waals surface area (Å²) < 4.78 is 2.38. The predicted octanol–water partition coefficient (Wildman–Crippen LogP) is 12.6. The minimum atomic E-state index is -0.117. The topological polar surface area (TPSA) is 17.8 Å². The smallest absolute Gasteiger partial charge is 0.0780 e. The second-order valence-electron chi connectivity index (χ2n) is 14.0. The molecule has 0 spiro atoms. The quantitative estimate of drug-likeness (QED) is 0.188. The second-order valence-corrected chi connectivity index (χ2v) is 14.0. The molecule has 0 fully saturated rings. The summed E-state index contributed by atoms with van der Waals surface area (Å²) in [4.78, 5) is 4.67. The molecule has 10 rings (SSSR count). The summed E-state index contributed by atoms with van der Waals surface area (Å²) in [5.41, 5.74) is 17.3. The van der Waals surface area contributed by atoms with E-state index in [9.17, 15) is 0 Å². The number of hydrogen-bond acceptors (Lipinski definition) is 1. The Balaban J connectivity index is 0.970. The van der Waals surface area contributed by atoms with E-state index in [4.69, 9.17) is 0 Å². The fraction of sp³-hybridized carbons (Fsp3) is 0.0625. The van der Waals surface area contributed by atoms with E-state index in [1.807, 2.05) is 12.3 Å². The van der Waals surface area contributed by atoms with Crippen LogP contribution in [0.3, 0.4) is 0 Å². The van der Waals surface area contributed by atoms with Gasteiger partial charge < -0.3 is 4.57 Å². The summed E-state index contributed by atoms with van der Waals surface area (Å²) in [6.07, 6.45) is 1.87. The molecule has 9 aromatic rings. The van der Waals surface area contributed by atoms with Gasteiger partial charge in [-0.1, -0.05) is 135 Å². The van der Waals surface area contributed by atoms with Crippen molar-refractivity contribution < 1.29 is 0 Å². The van der Waals surface area contributed by atoms with E-state index in [1.54, 1.807) is 0 Å². The van der Waals surface area contributed by atoms with E-state index in [0.29, 0.717) is 0 Å². The van der Waals surface area contributed by atoms with Crippen LogP contribution in [0.2, 0.25) is 0 Å². The summed E-state index contributed by atoms with van der Waals surface area (Å²) in [6, 6.07) is 59.9. The monoisotopic (exact) mass is 638 g/mol. The third kappa shape index (κ3) is 4.32. The van der Waals surface area contributed by atoms with Crippen LogP contribution in [-0.2, 0) is 5.41 Å². The Morgan fingerprint density at radius 1 is 0.440 bits per heavy atom. The number of nitrogens with zero attached hydrogens (tertiary/aromatic N) is 2. The Morgan fingerprint density at radius 2 is 0.960 bits per heavy atom.